The lowest BCUT2D eigenvalue weighted by Gasteiger charge is -2.18. The van der Waals surface area contributed by atoms with E-state index in [9.17, 15) is 14.7 Å². The highest BCUT2D eigenvalue weighted by Crippen LogP contribution is 2.11. The summed E-state index contributed by atoms with van der Waals surface area (Å²) in [5.74, 6) is -0.620. The highest BCUT2D eigenvalue weighted by atomic mass is 16.5. The standard InChI is InChI=1S/C24H23NO4/c26-21-13-11-19(12-14-21)16-23(27)25-22(15-18-7-3-1-4-8-18)24(28)29-17-20-9-5-2-6-10-20/h1-14,22,26H,15-17H2,(H,25,27)/t22-/m0/s1. The maximum Gasteiger partial charge on any atom is 0.329 e. The number of amides is 1. The number of phenols is 1. The van der Waals surface area contributed by atoms with Crippen molar-refractivity contribution in [3.63, 3.8) is 0 Å². The van der Waals surface area contributed by atoms with Crippen LogP contribution in [-0.2, 0) is 33.8 Å². The lowest BCUT2D eigenvalue weighted by Crippen LogP contribution is -2.44. The summed E-state index contributed by atoms with van der Waals surface area (Å²) >= 11 is 0. The highest BCUT2D eigenvalue weighted by molar-refractivity contribution is 5.85. The van der Waals surface area contributed by atoms with E-state index in [0.717, 1.165) is 16.7 Å². The van der Waals surface area contributed by atoms with Crippen molar-refractivity contribution in [3.8, 4) is 5.75 Å². The summed E-state index contributed by atoms with van der Waals surface area (Å²) in [6.45, 7) is 0.152. The van der Waals surface area contributed by atoms with Gasteiger partial charge in [-0.3, -0.25) is 4.79 Å². The fourth-order valence-corrected chi connectivity index (χ4v) is 2.92. The summed E-state index contributed by atoms with van der Waals surface area (Å²) in [6, 6.07) is 24.5. The predicted octanol–water partition coefficient (Wildman–Crippen LogP) is 3.41. The number of carbonyl (C=O) groups excluding carboxylic acids is 2. The van der Waals surface area contributed by atoms with Gasteiger partial charge >= 0.3 is 5.97 Å². The third-order valence-corrected chi connectivity index (χ3v) is 4.43. The average Bonchev–Trinajstić information content (AvgIpc) is 2.74. The fraction of sp³-hybridized carbons (Fsp3) is 0.167. The second-order valence-corrected chi connectivity index (χ2v) is 6.75. The first-order valence-corrected chi connectivity index (χ1v) is 9.42. The quantitative estimate of drug-likeness (QED) is 0.579. The molecule has 0 radical (unpaired) electrons. The Morgan fingerprint density at radius 3 is 2.00 bits per heavy atom. The van der Waals surface area contributed by atoms with Crippen molar-refractivity contribution in [1.82, 2.24) is 5.32 Å². The van der Waals surface area contributed by atoms with Gasteiger partial charge in [0, 0.05) is 6.42 Å². The lowest BCUT2D eigenvalue weighted by molar-refractivity contribution is -0.149. The van der Waals surface area contributed by atoms with Gasteiger partial charge in [-0.1, -0.05) is 72.8 Å². The van der Waals surface area contributed by atoms with Crippen LogP contribution >= 0.6 is 0 Å². The van der Waals surface area contributed by atoms with Gasteiger partial charge in [0.25, 0.3) is 0 Å². The number of nitrogens with one attached hydrogen (secondary N) is 1. The van der Waals surface area contributed by atoms with Crippen LogP contribution < -0.4 is 5.32 Å². The monoisotopic (exact) mass is 389 g/mol. The third kappa shape index (κ3) is 6.50. The average molecular weight is 389 g/mol. The Bertz CT molecular complexity index is 924. The molecule has 0 heterocycles. The Morgan fingerprint density at radius 1 is 0.793 bits per heavy atom. The van der Waals surface area contributed by atoms with Crippen LogP contribution in [0.15, 0.2) is 84.9 Å². The van der Waals surface area contributed by atoms with Crippen LogP contribution in [0.5, 0.6) is 5.75 Å². The molecule has 1 amide bonds. The van der Waals surface area contributed by atoms with Gasteiger partial charge in [0.1, 0.15) is 18.4 Å². The predicted molar refractivity (Wildman–Crippen MR) is 110 cm³/mol. The SMILES string of the molecule is O=C(Cc1ccc(O)cc1)N[C@@H](Cc1ccccc1)C(=O)OCc1ccccc1. The van der Waals surface area contributed by atoms with E-state index < -0.39 is 12.0 Å². The van der Waals surface area contributed by atoms with Gasteiger partial charge < -0.3 is 15.2 Å². The molecule has 0 aliphatic carbocycles. The van der Waals surface area contributed by atoms with Gasteiger partial charge in [0.05, 0.1) is 6.42 Å². The zero-order chi connectivity index (χ0) is 20.5. The minimum absolute atomic E-state index is 0.109. The summed E-state index contributed by atoms with van der Waals surface area (Å²) in [6.07, 6.45) is 0.452. The summed E-state index contributed by atoms with van der Waals surface area (Å²) in [5, 5.41) is 12.2. The normalized spacial score (nSPS) is 11.4. The second-order valence-electron chi connectivity index (χ2n) is 6.75. The summed E-state index contributed by atoms with van der Waals surface area (Å²) in [7, 11) is 0. The van der Waals surface area contributed by atoms with Gasteiger partial charge in [-0.25, -0.2) is 4.79 Å². The number of carbonyl (C=O) groups is 2. The van der Waals surface area contributed by atoms with E-state index >= 15 is 0 Å². The van der Waals surface area contributed by atoms with Gasteiger partial charge in [0.15, 0.2) is 0 Å². The molecular weight excluding hydrogens is 366 g/mol. The van der Waals surface area contributed by atoms with E-state index in [2.05, 4.69) is 5.32 Å². The first kappa shape index (κ1) is 20.1. The molecule has 0 saturated carbocycles. The molecule has 0 fully saturated rings. The number of esters is 1. The summed E-state index contributed by atoms with van der Waals surface area (Å²) < 4.78 is 5.44. The van der Waals surface area contributed by atoms with Crippen LogP contribution in [0.1, 0.15) is 16.7 Å². The number of hydrogen-bond donors (Lipinski definition) is 2. The second kappa shape index (κ2) is 10.1. The maximum atomic E-state index is 12.7. The zero-order valence-corrected chi connectivity index (χ0v) is 16.0. The van der Waals surface area contributed by atoms with E-state index in [0.29, 0.717) is 6.42 Å². The van der Waals surface area contributed by atoms with Crippen LogP contribution in [0.4, 0.5) is 0 Å². The van der Waals surface area contributed by atoms with Crippen LogP contribution in [0.2, 0.25) is 0 Å². The topological polar surface area (TPSA) is 75.6 Å². The number of ether oxygens (including phenoxy) is 1. The number of hydrogen-bond acceptors (Lipinski definition) is 4. The number of aromatic hydroxyl groups is 1. The maximum absolute atomic E-state index is 12.7. The van der Waals surface area contributed by atoms with Crippen molar-refractivity contribution in [3.05, 3.63) is 102 Å². The molecule has 0 unspecified atom stereocenters. The molecule has 29 heavy (non-hydrogen) atoms. The van der Waals surface area contributed by atoms with Crippen molar-refractivity contribution in [1.29, 1.82) is 0 Å². The van der Waals surface area contributed by atoms with E-state index in [1.807, 2.05) is 60.7 Å². The van der Waals surface area contributed by atoms with Gasteiger partial charge in [-0.15, -0.1) is 0 Å². The van der Waals surface area contributed by atoms with Gasteiger partial charge in [-0.2, -0.15) is 0 Å². The van der Waals surface area contributed by atoms with E-state index in [1.165, 1.54) is 12.1 Å². The number of phenolic OH excluding ortho intramolecular Hbond substituents is 1. The minimum atomic E-state index is -0.786. The Balaban J connectivity index is 1.65. The molecule has 0 aromatic heterocycles. The summed E-state index contributed by atoms with van der Waals surface area (Å²) in [4.78, 5) is 25.2. The van der Waals surface area contributed by atoms with Crippen molar-refractivity contribution in [2.45, 2.75) is 25.5 Å². The van der Waals surface area contributed by atoms with Gasteiger partial charge in [0.2, 0.25) is 5.91 Å². The molecule has 0 saturated heterocycles. The molecule has 5 heteroatoms. The molecule has 0 spiro atoms. The summed E-state index contributed by atoms with van der Waals surface area (Å²) in [5.41, 5.74) is 2.56. The molecular formula is C24H23NO4. The van der Waals surface area contributed by atoms with E-state index in [-0.39, 0.29) is 24.7 Å². The lowest BCUT2D eigenvalue weighted by atomic mass is 10.1. The number of rotatable bonds is 8. The largest absolute Gasteiger partial charge is 0.508 e. The van der Waals surface area contributed by atoms with Crippen molar-refractivity contribution in [2.24, 2.45) is 0 Å². The third-order valence-electron chi connectivity index (χ3n) is 4.43. The van der Waals surface area contributed by atoms with Crippen molar-refractivity contribution >= 4 is 11.9 Å². The fourth-order valence-electron chi connectivity index (χ4n) is 2.92. The molecule has 0 aliphatic rings. The van der Waals surface area contributed by atoms with E-state index in [4.69, 9.17) is 4.74 Å². The highest BCUT2D eigenvalue weighted by Gasteiger charge is 2.23. The molecule has 0 aliphatic heterocycles. The molecule has 3 aromatic carbocycles. The Hall–Kier alpha value is -3.60. The molecule has 0 bridgehead atoms. The van der Waals surface area contributed by atoms with Crippen LogP contribution in [0.3, 0.4) is 0 Å². The Labute approximate surface area is 170 Å². The van der Waals surface area contributed by atoms with Crippen molar-refractivity contribution in [2.75, 3.05) is 0 Å². The van der Waals surface area contributed by atoms with Crippen LogP contribution in [-0.4, -0.2) is 23.0 Å². The smallest absolute Gasteiger partial charge is 0.329 e. The molecule has 148 valence electrons. The molecule has 3 rings (SSSR count). The molecule has 5 nitrogen and oxygen atoms in total. The first-order valence-electron chi connectivity index (χ1n) is 9.42. The number of benzene rings is 3. The van der Waals surface area contributed by atoms with Crippen LogP contribution in [0, 0.1) is 0 Å². The minimum Gasteiger partial charge on any atom is -0.508 e. The molecule has 1 atom stereocenters. The molecule has 2 N–H and O–H groups in total. The Morgan fingerprint density at radius 2 is 1.38 bits per heavy atom. The van der Waals surface area contributed by atoms with Crippen molar-refractivity contribution < 1.29 is 19.4 Å². The van der Waals surface area contributed by atoms with E-state index in [1.54, 1.807) is 12.1 Å². The first-order chi connectivity index (χ1) is 14.1. The Kier molecular flexibility index (Phi) is 7.00. The van der Waals surface area contributed by atoms with Gasteiger partial charge in [-0.05, 0) is 28.8 Å². The van der Waals surface area contributed by atoms with Crippen LogP contribution in [0.25, 0.3) is 0 Å². The zero-order valence-electron chi connectivity index (χ0n) is 16.0. The molecule has 3 aromatic rings.